The molecule has 5 rings (SSSR count). The highest BCUT2D eigenvalue weighted by atomic mass is 15.0. The number of fused-ring (bicyclic) bond motifs is 4. The fourth-order valence-corrected chi connectivity index (χ4v) is 4.28. The predicted octanol–water partition coefficient (Wildman–Crippen LogP) is 5.04. The van der Waals surface area contributed by atoms with Gasteiger partial charge in [-0.2, -0.15) is 0 Å². The summed E-state index contributed by atoms with van der Waals surface area (Å²) in [6.45, 7) is 3.50. The smallest absolute Gasteiger partial charge is 0.0210 e. The molecule has 1 N–H and O–H groups in total. The van der Waals surface area contributed by atoms with Crippen LogP contribution in [-0.2, 0) is 6.54 Å². The first-order chi connectivity index (χ1) is 10.2. The van der Waals surface area contributed by atoms with Crippen molar-refractivity contribution in [3.63, 3.8) is 0 Å². The molecule has 3 aliphatic rings. The van der Waals surface area contributed by atoms with Crippen molar-refractivity contribution in [2.24, 2.45) is 5.41 Å². The molecule has 0 heterocycles. The molecular formula is C20H25N. The topological polar surface area (TPSA) is 12.0 Å². The lowest BCUT2D eigenvalue weighted by Crippen LogP contribution is -2.53. The molecular weight excluding hydrogens is 254 g/mol. The highest BCUT2D eigenvalue weighted by Gasteiger charge is 2.45. The Morgan fingerprint density at radius 1 is 0.857 bits per heavy atom. The highest BCUT2D eigenvalue weighted by molar-refractivity contribution is 5.82. The number of rotatable bonds is 3. The molecule has 21 heavy (non-hydrogen) atoms. The summed E-state index contributed by atoms with van der Waals surface area (Å²) in [5.41, 5.74) is 2.51. The van der Waals surface area contributed by atoms with Crippen LogP contribution in [0.5, 0.6) is 0 Å². The summed E-state index contributed by atoms with van der Waals surface area (Å²) in [5.74, 6) is 0. The minimum Gasteiger partial charge on any atom is -0.307 e. The lowest BCUT2D eigenvalue weighted by molar-refractivity contribution is 0.0360. The molecule has 0 aromatic heterocycles. The second-order valence-electron chi connectivity index (χ2n) is 7.63. The van der Waals surface area contributed by atoms with Gasteiger partial charge in [-0.1, -0.05) is 43.3 Å². The van der Waals surface area contributed by atoms with Crippen molar-refractivity contribution in [1.82, 2.24) is 5.32 Å². The van der Waals surface area contributed by atoms with Gasteiger partial charge in [0.2, 0.25) is 0 Å². The molecule has 2 aromatic carbocycles. The maximum atomic E-state index is 3.92. The normalized spacial score (nSPS) is 31.7. The zero-order valence-electron chi connectivity index (χ0n) is 13.0. The van der Waals surface area contributed by atoms with Gasteiger partial charge in [-0.25, -0.2) is 0 Å². The van der Waals surface area contributed by atoms with Crippen LogP contribution in [0, 0.1) is 5.41 Å². The standard InChI is InChI=1S/C20H25N/c1-19-8-11-20(12-9-19,13-10-19)21-15-16-6-7-17-4-2-3-5-18(17)14-16/h2-7,14,21H,8-13,15H2,1H3. The van der Waals surface area contributed by atoms with Crippen molar-refractivity contribution in [1.29, 1.82) is 0 Å². The summed E-state index contributed by atoms with van der Waals surface area (Å²) in [4.78, 5) is 0. The summed E-state index contributed by atoms with van der Waals surface area (Å²) in [5, 5.41) is 6.62. The van der Waals surface area contributed by atoms with Crippen LogP contribution in [0.25, 0.3) is 10.8 Å². The first-order valence-corrected chi connectivity index (χ1v) is 8.39. The number of hydrogen-bond donors (Lipinski definition) is 1. The van der Waals surface area contributed by atoms with Crippen molar-refractivity contribution in [3.05, 3.63) is 48.0 Å². The first kappa shape index (κ1) is 13.3. The van der Waals surface area contributed by atoms with Crippen molar-refractivity contribution in [2.75, 3.05) is 0 Å². The monoisotopic (exact) mass is 279 g/mol. The second-order valence-corrected chi connectivity index (χ2v) is 7.63. The van der Waals surface area contributed by atoms with Crippen molar-refractivity contribution in [3.8, 4) is 0 Å². The van der Waals surface area contributed by atoms with Gasteiger partial charge in [-0.3, -0.25) is 0 Å². The van der Waals surface area contributed by atoms with E-state index in [0.717, 1.165) is 6.54 Å². The molecule has 0 radical (unpaired) electrons. The van der Waals surface area contributed by atoms with Gasteiger partial charge in [-0.15, -0.1) is 0 Å². The van der Waals surface area contributed by atoms with Crippen molar-refractivity contribution >= 4 is 10.8 Å². The zero-order chi connectivity index (χ0) is 14.3. The Morgan fingerprint density at radius 3 is 2.24 bits per heavy atom. The third-order valence-corrected chi connectivity index (χ3v) is 6.10. The van der Waals surface area contributed by atoms with Crippen molar-refractivity contribution < 1.29 is 0 Å². The number of hydrogen-bond acceptors (Lipinski definition) is 1. The molecule has 1 heteroatoms. The maximum absolute atomic E-state index is 3.92. The Balaban J connectivity index is 1.48. The molecule has 2 aromatic rings. The fourth-order valence-electron chi connectivity index (χ4n) is 4.28. The number of nitrogens with one attached hydrogen (secondary N) is 1. The quantitative estimate of drug-likeness (QED) is 0.829. The molecule has 110 valence electrons. The van der Waals surface area contributed by atoms with Crippen LogP contribution in [0.3, 0.4) is 0 Å². The van der Waals surface area contributed by atoms with Gasteiger partial charge < -0.3 is 5.32 Å². The van der Waals surface area contributed by atoms with E-state index in [1.54, 1.807) is 0 Å². The predicted molar refractivity (Wildman–Crippen MR) is 89.3 cm³/mol. The van der Waals surface area contributed by atoms with Gasteiger partial charge in [0.05, 0.1) is 0 Å². The summed E-state index contributed by atoms with van der Waals surface area (Å²) in [7, 11) is 0. The summed E-state index contributed by atoms with van der Waals surface area (Å²) in [6, 6.07) is 15.5. The Hall–Kier alpha value is -1.34. The third-order valence-electron chi connectivity index (χ3n) is 6.10. The molecule has 0 unspecified atom stereocenters. The SMILES string of the molecule is CC12CCC(NCc3ccc4ccccc4c3)(CC1)CC2. The molecule has 0 saturated heterocycles. The molecule has 3 aliphatic carbocycles. The van der Waals surface area contributed by atoms with Gasteiger partial charge >= 0.3 is 0 Å². The van der Waals surface area contributed by atoms with Gasteiger partial charge in [0, 0.05) is 12.1 Å². The zero-order valence-corrected chi connectivity index (χ0v) is 13.0. The maximum Gasteiger partial charge on any atom is 0.0210 e. The van der Waals surface area contributed by atoms with Gasteiger partial charge in [-0.05, 0) is 66.3 Å². The van der Waals surface area contributed by atoms with E-state index in [0.29, 0.717) is 11.0 Å². The molecule has 3 fully saturated rings. The van der Waals surface area contributed by atoms with Crippen LogP contribution < -0.4 is 5.32 Å². The number of benzene rings is 2. The molecule has 0 atom stereocenters. The van der Waals surface area contributed by atoms with Gasteiger partial charge in [0.1, 0.15) is 0 Å². The minimum atomic E-state index is 0.434. The molecule has 0 amide bonds. The molecule has 3 saturated carbocycles. The van der Waals surface area contributed by atoms with Crippen LogP contribution in [0.15, 0.2) is 42.5 Å². The molecule has 2 bridgehead atoms. The Morgan fingerprint density at radius 2 is 1.52 bits per heavy atom. The Bertz CT molecular complexity index is 633. The Kier molecular flexibility index (Phi) is 3.08. The lowest BCUT2D eigenvalue weighted by atomic mass is 9.58. The largest absolute Gasteiger partial charge is 0.307 e. The Labute approximate surface area is 127 Å². The van der Waals surface area contributed by atoms with E-state index in [2.05, 4.69) is 54.7 Å². The van der Waals surface area contributed by atoms with Crippen LogP contribution in [0.2, 0.25) is 0 Å². The van der Waals surface area contributed by atoms with Crippen LogP contribution in [-0.4, -0.2) is 5.54 Å². The van der Waals surface area contributed by atoms with E-state index in [1.807, 2.05) is 0 Å². The van der Waals surface area contributed by atoms with E-state index in [9.17, 15) is 0 Å². The van der Waals surface area contributed by atoms with Crippen LogP contribution in [0.1, 0.15) is 51.0 Å². The first-order valence-electron chi connectivity index (χ1n) is 8.39. The van der Waals surface area contributed by atoms with Crippen LogP contribution in [0.4, 0.5) is 0 Å². The summed E-state index contributed by atoms with van der Waals surface area (Å²) in [6.07, 6.45) is 8.36. The summed E-state index contributed by atoms with van der Waals surface area (Å²) >= 11 is 0. The van der Waals surface area contributed by atoms with E-state index in [-0.39, 0.29) is 0 Å². The van der Waals surface area contributed by atoms with E-state index >= 15 is 0 Å². The summed E-state index contributed by atoms with van der Waals surface area (Å²) < 4.78 is 0. The highest BCUT2D eigenvalue weighted by Crippen LogP contribution is 2.51. The van der Waals surface area contributed by atoms with E-state index in [4.69, 9.17) is 0 Å². The average molecular weight is 279 g/mol. The van der Waals surface area contributed by atoms with Gasteiger partial charge in [0.15, 0.2) is 0 Å². The average Bonchev–Trinajstić information content (AvgIpc) is 2.54. The van der Waals surface area contributed by atoms with Crippen molar-refractivity contribution in [2.45, 2.75) is 57.5 Å². The molecule has 1 nitrogen and oxygen atoms in total. The van der Waals surface area contributed by atoms with Crippen LogP contribution >= 0.6 is 0 Å². The fraction of sp³-hybridized carbons (Fsp3) is 0.500. The molecule has 0 spiro atoms. The minimum absolute atomic E-state index is 0.434. The second kappa shape index (κ2) is 4.84. The van der Waals surface area contributed by atoms with Gasteiger partial charge in [0.25, 0.3) is 0 Å². The molecule has 0 aliphatic heterocycles. The lowest BCUT2D eigenvalue weighted by Gasteiger charge is -2.52. The third kappa shape index (κ3) is 2.48. The van der Waals surface area contributed by atoms with E-state index < -0.39 is 0 Å². The van der Waals surface area contributed by atoms with E-state index in [1.165, 1.54) is 54.9 Å².